The number of carbonyl (C=O) groups excluding carboxylic acids is 1. The Labute approximate surface area is 183 Å². The van der Waals surface area contributed by atoms with E-state index in [0.717, 1.165) is 48.2 Å². The maximum absolute atomic E-state index is 12.7. The van der Waals surface area contributed by atoms with Crippen LogP contribution < -0.4 is 5.43 Å². The number of ether oxygens (including phenoxy) is 1. The molecule has 1 aliphatic heterocycles. The Morgan fingerprint density at radius 3 is 2.55 bits per heavy atom. The van der Waals surface area contributed by atoms with Crippen molar-refractivity contribution in [3.05, 3.63) is 54.2 Å². The zero-order chi connectivity index (χ0) is 22.0. The second kappa shape index (κ2) is 8.61. The van der Waals surface area contributed by atoms with Gasteiger partial charge in [0.2, 0.25) is 5.95 Å². The second-order valence-corrected chi connectivity index (χ2v) is 8.92. The van der Waals surface area contributed by atoms with Crippen molar-refractivity contribution < 1.29 is 9.53 Å². The molecular formula is C24H29N5O2. The van der Waals surface area contributed by atoms with Crippen LogP contribution in [0.1, 0.15) is 31.1 Å². The number of carbonyl (C=O) groups is 1. The summed E-state index contributed by atoms with van der Waals surface area (Å²) in [5.41, 5.74) is 5.92. The Hall–Kier alpha value is -3.03. The van der Waals surface area contributed by atoms with E-state index in [1.807, 2.05) is 63.4 Å². The van der Waals surface area contributed by atoms with Gasteiger partial charge in [-0.25, -0.2) is 19.8 Å². The number of esters is 1. The first-order valence-electron chi connectivity index (χ1n) is 10.6. The molecule has 7 nitrogen and oxygen atoms in total. The van der Waals surface area contributed by atoms with Crippen LogP contribution in [0.4, 0.5) is 5.95 Å². The zero-order valence-electron chi connectivity index (χ0n) is 18.6. The van der Waals surface area contributed by atoms with E-state index in [4.69, 9.17) is 4.74 Å². The van der Waals surface area contributed by atoms with E-state index in [0.29, 0.717) is 11.5 Å². The fraction of sp³-hybridized carbons (Fsp3) is 0.375. The summed E-state index contributed by atoms with van der Waals surface area (Å²) in [5, 5.41) is 3.06. The Morgan fingerprint density at radius 1 is 1.06 bits per heavy atom. The first-order chi connectivity index (χ1) is 14.8. The third-order valence-electron chi connectivity index (χ3n) is 5.20. The predicted octanol–water partition coefficient (Wildman–Crippen LogP) is 3.83. The maximum atomic E-state index is 12.7. The number of anilines is 1. The number of nitrogens with zero attached hydrogens (tertiary/aromatic N) is 4. The fourth-order valence-corrected chi connectivity index (χ4v) is 3.56. The quantitative estimate of drug-likeness (QED) is 0.645. The van der Waals surface area contributed by atoms with Gasteiger partial charge in [0.15, 0.2) is 0 Å². The van der Waals surface area contributed by atoms with Crippen molar-refractivity contribution in [3.63, 3.8) is 0 Å². The van der Waals surface area contributed by atoms with E-state index in [1.165, 1.54) is 0 Å². The highest BCUT2D eigenvalue weighted by Crippen LogP contribution is 2.28. The summed E-state index contributed by atoms with van der Waals surface area (Å²) in [5.74, 6) is 0.269. The lowest BCUT2D eigenvalue weighted by molar-refractivity contribution is 0.00704. The van der Waals surface area contributed by atoms with Crippen molar-refractivity contribution in [1.29, 1.82) is 0 Å². The summed E-state index contributed by atoms with van der Waals surface area (Å²) in [6.07, 6.45) is 1.82. The summed E-state index contributed by atoms with van der Waals surface area (Å²) < 4.78 is 5.59. The van der Waals surface area contributed by atoms with Crippen LogP contribution in [0.3, 0.4) is 0 Å². The SMILES string of the molecule is CN1CCN(Nc2ncc3cc(-c4ccccc4C(=O)OC(C)(C)C)ccc3n2)CC1. The van der Waals surface area contributed by atoms with Gasteiger partial charge in [-0.3, -0.25) is 5.43 Å². The van der Waals surface area contributed by atoms with Crippen molar-refractivity contribution in [3.8, 4) is 11.1 Å². The van der Waals surface area contributed by atoms with Gasteiger partial charge < -0.3 is 9.64 Å². The lowest BCUT2D eigenvalue weighted by Crippen LogP contribution is -2.47. The average molecular weight is 420 g/mol. The zero-order valence-corrected chi connectivity index (χ0v) is 18.6. The molecule has 1 saturated heterocycles. The molecule has 162 valence electrons. The van der Waals surface area contributed by atoms with Crippen LogP contribution >= 0.6 is 0 Å². The number of rotatable bonds is 4. The highest BCUT2D eigenvalue weighted by atomic mass is 16.6. The molecule has 3 aromatic rings. The van der Waals surface area contributed by atoms with Gasteiger partial charge in [0.05, 0.1) is 11.1 Å². The molecule has 2 aromatic carbocycles. The average Bonchev–Trinajstić information content (AvgIpc) is 2.74. The Kier molecular flexibility index (Phi) is 5.89. The number of hydrogen-bond donors (Lipinski definition) is 1. The molecule has 1 fully saturated rings. The number of piperazine rings is 1. The van der Waals surface area contributed by atoms with Crippen LogP contribution in [0.5, 0.6) is 0 Å². The Bertz CT molecular complexity index is 1080. The number of benzene rings is 2. The van der Waals surface area contributed by atoms with Crippen molar-refractivity contribution >= 4 is 22.8 Å². The van der Waals surface area contributed by atoms with Gasteiger partial charge in [0, 0.05) is 37.8 Å². The Morgan fingerprint density at radius 2 is 1.81 bits per heavy atom. The smallest absolute Gasteiger partial charge is 0.339 e. The molecule has 0 aliphatic carbocycles. The third-order valence-corrected chi connectivity index (χ3v) is 5.20. The lowest BCUT2D eigenvalue weighted by Gasteiger charge is -2.32. The molecule has 1 N–H and O–H groups in total. The maximum Gasteiger partial charge on any atom is 0.339 e. The van der Waals surface area contributed by atoms with Gasteiger partial charge in [-0.1, -0.05) is 24.3 Å². The van der Waals surface area contributed by atoms with Gasteiger partial charge in [0.1, 0.15) is 5.60 Å². The van der Waals surface area contributed by atoms with Gasteiger partial charge >= 0.3 is 5.97 Å². The molecule has 0 bridgehead atoms. The number of hydrazine groups is 1. The van der Waals surface area contributed by atoms with Crippen LogP contribution in [0, 0.1) is 0 Å². The van der Waals surface area contributed by atoms with E-state index >= 15 is 0 Å². The normalized spacial score (nSPS) is 15.7. The molecule has 31 heavy (non-hydrogen) atoms. The van der Waals surface area contributed by atoms with Crippen LogP contribution in [0.15, 0.2) is 48.7 Å². The minimum Gasteiger partial charge on any atom is -0.456 e. The standard InChI is InChI=1S/C24H29N5O2/c1-24(2,3)31-22(30)20-8-6-5-7-19(20)17-9-10-21-18(15-17)16-25-23(26-21)27-29-13-11-28(4)12-14-29/h5-10,15-16H,11-14H2,1-4H3,(H,25,26,27). The minimum atomic E-state index is -0.547. The highest BCUT2D eigenvalue weighted by Gasteiger charge is 2.21. The van der Waals surface area contributed by atoms with Crippen LogP contribution in [0.2, 0.25) is 0 Å². The predicted molar refractivity (Wildman–Crippen MR) is 123 cm³/mol. The number of likely N-dealkylation sites (N-methyl/N-ethyl adjacent to an activating group) is 1. The molecule has 0 atom stereocenters. The van der Waals surface area contributed by atoms with Gasteiger partial charge in [-0.2, -0.15) is 0 Å². The van der Waals surface area contributed by atoms with Crippen LogP contribution in [-0.2, 0) is 4.74 Å². The number of aromatic nitrogens is 2. The highest BCUT2D eigenvalue weighted by molar-refractivity contribution is 5.98. The number of fused-ring (bicyclic) bond motifs is 1. The van der Waals surface area contributed by atoms with E-state index < -0.39 is 5.60 Å². The third kappa shape index (κ3) is 5.18. The topological polar surface area (TPSA) is 70.6 Å². The van der Waals surface area contributed by atoms with Gasteiger partial charge in [-0.05, 0) is 57.1 Å². The molecular weight excluding hydrogens is 390 g/mol. The number of nitrogens with one attached hydrogen (secondary N) is 1. The monoisotopic (exact) mass is 419 g/mol. The first-order valence-corrected chi connectivity index (χ1v) is 10.6. The molecule has 0 unspecified atom stereocenters. The van der Waals surface area contributed by atoms with E-state index in [9.17, 15) is 4.79 Å². The van der Waals surface area contributed by atoms with Crippen molar-refractivity contribution in [2.45, 2.75) is 26.4 Å². The van der Waals surface area contributed by atoms with Crippen molar-refractivity contribution in [2.75, 3.05) is 38.7 Å². The first kappa shape index (κ1) is 21.2. The largest absolute Gasteiger partial charge is 0.456 e. The second-order valence-electron chi connectivity index (χ2n) is 8.92. The van der Waals surface area contributed by atoms with Gasteiger partial charge in [0.25, 0.3) is 0 Å². The number of hydrogen-bond acceptors (Lipinski definition) is 7. The molecule has 0 spiro atoms. The molecule has 4 rings (SSSR count). The lowest BCUT2D eigenvalue weighted by atomic mass is 9.98. The summed E-state index contributed by atoms with van der Waals surface area (Å²) in [7, 11) is 2.13. The van der Waals surface area contributed by atoms with Crippen LogP contribution in [-0.4, -0.2) is 64.7 Å². The fourth-order valence-electron chi connectivity index (χ4n) is 3.56. The summed E-state index contributed by atoms with van der Waals surface area (Å²) in [4.78, 5) is 24.2. The van der Waals surface area contributed by atoms with Gasteiger partial charge in [-0.15, -0.1) is 0 Å². The molecule has 0 amide bonds. The Balaban J connectivity index is 1.58. The van der Waals surface area contributed by atoms with Crippen molar-refractivity contribution in [1.82, 2.24) is 19.9 Å². The minimum absolute atomic E-state index is 0.328. The van der Waals surface area contributed by atoms with E-state index in [2.05, 4.69) is 32.4 Å². The molecule has 1 aromatic heterocycles. The molecule has 2 heterocycles. The summed E-state index contributed by atoms with van der Waals surface area (Å²) >= 11 is 0. The molecule has 1 aliphatic rings. The van der Waals surface area contributed by atoms with E-state index in [-0.39, 0.29) is 5.97 Å². The summed E-state index contributed by atoms with van der Waals surface area (Å²) in [6.45, 7) is 9.50. The van der Waals surface area contributed by atoms with Crippen molar-refractivity contribution in [2.24, 2.45) is 0 Å². The summed E-state index contributed by atoms with van der Waals surface area (Å²) in [6, 6.07) is 13.5. The molecule has 0 radical (unpaired) electrons. The molecule has 0 saturated carbocycles. The van der Waals surface area contributed by atoms with Crippen LogP contribution in [0.25, 0.3) is 22.0 Å². The van der Waals surface area contributed by atoms with E-state index in [1.54, 1.807) is 6.07 Å². The molecule has 7 heteroatoms.